The summed E-state index contributed by atoms with van der Waals surface area (Å²) in [5.74, 6) is 1.82. The summed E-state index contributed by atoms with van der Waals surface area (Å²) in [7, 11) is 0. The number of nitrogens with one attached hydrogen (secondary N) is 1. The van der Waals surface area contributed by atoms with Crippen LogP contribution in [-0.4, -0.2) is 45.3 Å². The van der Waals surface area contributed by atoms with E-state index in [4.69, 9.17) is 0 Å². The third-order valence-electron chi connectivity index (χ3n) is 4.02. The molecule has 1 aromatic heterocycles. The lowest BCUT2D eigenvalue weighted by Gasteiger charge is -2.35. The second-order valence-corrected chi connectivity index (χ2v) is 6.16. The highest BCUT2D eigenvalue weighted by Gasteiger charge is 2.23. The molecule has 0 saturated carbocycles. The van der Waals surface area contributed by atoms with E-state index in [1.807, 2.05) is 4.68 Å². The van der Waals surface area contributed by atoms with Crippen molar-refractivity contribution in [2.45, 2.75) is 59.2 Å². The standard InChI is InChI=1S/C15H29N5/c1-4-20-15(17-12-18-20)11-19-8-6-5-7-14(19)10-16-9-13(2)3/h12-14,16H,4-11H2,1-3H3. The third kappa shape index (κ3) is 4.28. The van der Waals surface area contributed by atoms with Gasteiger partial charge in [-0.25, -0.2) is 9.67 Å². The van der Waals surface area contributed by atoms with Gasteiger partial charge in [0, 0.05) is 19.1 Å². The van der Waals surface area contributed by atoms with Crippen molar-refractivity contribution in [3.05, 3.63) is 12.2 Å². The molecule has 20 heavy (non-hydrogen) atoms. The van der Waals surface area contributed by atoms with Crippen LogP contribution in [0.1, 0.15) is 45.9 Å². The summed E-state index contributed by atoms with van der Waals surface area (Å²) < 4.78 is 2.01. The summed E-state index contributed by atoms with van der Waals surface area (Å²) in [6, 6.07) is 0.643. The minimum atomic E-state index is 0.643. The van der Waals surface area contributed by atoms with E-state index in [0.29, 0.717) is 6.04 Å². The first-order chi connectivity index (χ1) is 9.70. The fourth-order valence-corrected chi connectivity index (χ4v) is 2.89. The van der Waals surface area contributed by atoms with Gasteiger partial charge in [0.2, 0.25) is 0 Å². The summed E-state index contributed by atoms with van der Waals surface area (Å²) in [5, 5.41) is 7.88. The van der Waals surface area contributed by atoms with E-state index in [2.05, 4.69) is 41.1 Å². The summed E-state index contributed by atoms with van der Waals surface area (Å²) in [5.41, 5.74) is 0. The molecule has 2 heterocycles. The molecule has 0 aromatic carbocycles. The Morgan fingerprint density at radius 1 is 1.40 bits per heavy atom. The molecule has 0 aliphatic carbocycles. The number of hydrogen-bond acceptors (Lipinski definition) is 4. The van der Waals surface area contributed by atoms with Crippen molar-refractivity contribution < 1.29 is 0 Å². The van der Waals surface area contributed by atoms with Crippen molar-refractivity contribution >= 4 is 0 Å². The predicted molar refractivity (Wildman–Crippen MR) is 81.5 cm³/mol. The van der Waals surface area contributed by atoms with E-state index in [-0.39, 0.29) is 0 Å². The third-order valence-corrected chi connectivity index (χ3v) is 4.02. The average molecular weight is 279 g/mol. The fraction of sp³-hybridized carbons (Fsp3) is 0.867. The predicted octanol–water partition coefficient (Wildman–Crippen LogP) is 1.90. The number of aromatic nitrogens is 3. The van der Waals surface area contributed by atoms with Crippen LogP contribution in [0.2, 0.25) is 0 Å². The Bertz CT molecular complexity index is 387. The largest absolute Gasteiger partial charge is 0.315 e. The van der Waals surface area contributed by atoms with Gasteiger partial charge in [-0.1, -0.05) is 20.3 Å². The molecule has 0 radical (unpaired) electrons. The molecule has 5 nitrogen and oxygen atoms in total. The van der Waals surface area contributed by atoms with Crippen molar-refractivity contribution in [3.63, 3.8) is 0 Å². The molecular weight excluding hydrogens is 250 g/mol. The van der Waals surface area contributed by atoms with E-state index in [1.165, 1.54) is 25.8 Å². The number of piperidine rings is 1. The van der Waals surface area contributed by atoms with Gasteiger partial charge in [0.25, 0.3) is 0 Å². The molecular formula is C15H29N5. The molecule has 1 N–H and O–H groups in total. The Balaban J connectivity index is 1.89. The van der Waals surface area contributed by atoms with Crippen LogP contribution < -0.4 is 5.32 Å². The lowest BCUT2D eigenvalue weighted by atomic mass is 10.0. The lowest BCUT2D eigenvalue weighted by molar-refractivity contribution is 0.131. The van der Waals surface area contributed by atoms with Gasteiger partial charge in [0.05, 0.1) is 6.54 Å². The number of hydrogen-bond donors (Lipinski definition) is 1. The van der Waals surface area contributed by atoms with Gasteiger partial charge in [-0.15, -0.1) is 0 Å². The summed E-state index contributed by atoms with van der Waals surface area (Å²) in [6.45, 7) is 11.9. The summed E-state index contributed by atoms with van der Waals surface area (Å²) in [4.78, 5) is 6.99. The van der Waals surface area contributed by atoms with Crippen LogP contribution in [0.3, 0.4) is 0 Å². The molecule has 1 fully saturated rings. The molecule has 114 valence electrons. The Morgan fingerprint density at radius 2 is 2.25 bits per heavy atom. The molecule has 0 spiro atoms. The Morgan fingerprint density at radius 3 is 3.00 bits per heavy atom. The van der Waals surface area contributed by atoms with Crippen molar-refractivity contribution in [1.29, 1.82) is 0 Å². The van der Waals surface area contributed by atoms with Crippen molar-refractivity contribution in [3.8, 4) is 0 Å². The number of nitrogens with zero attached hydrogens (tertiary/aromatic N) is 4. The number of aryl methyl sites for hydroxylation is 1. The zero-order valence-electron chi connectivity index (χ0n) is 13.2. The minimum Gasteiger partial charge on any atom is -0.315 e. The van der Waals surface area contributed by atoms with Crippen LogP contribution in [0.25, 0.3) is 0 Å². The van der Waals surface area contributed by atoms with Crippen LogP contribution in [0.15, 0.2) is 6.33 Å². The van der Waals surface area contributed by atoms with E-state index >= 15 is 0 Å². The molecule has 1 aromatic rings. The highest BCUT2D eigenvalue weighted by atomic mass is 15.3. The first-order valence-corrected chi connectivity index (χ1v) is 8.02. The quantitative estimate of drug-likeness (QED) is 0.828. The Kier molecular flexibility index (Phi) is 5.98. The second kappa shape index (κ2) is 7.74. The summed E-state index contributed by atoms with van der Waals surface area (Å²) in [6.07, 6.45) is 5.63. The van der Waals surface area contributed by atoms with Crippen molar-refractivity contribution in [2.24, 2.45) is 5.92 Å². The molecule has 0 amide bonds. The van der Waals surface area contributed by atoms with Crippen LogP contribution >= 0.6 is 0 Å². The summed E-state index contributed by atoms with van der Waals surface area (Å²) >= 11 is 0. The van der Waals surface area contributed by atoms with Crippen molar-refractivity contribution in [1.82, 2.24) is 25.0 Å². The molecule has 1 aliphatic heterocycles. The second-order valence-electron chi connectivity index (χ2n) is 6.16. The van der Waals surface area contributed by atoms with Gasteiger partial charge in [-0.3, -0.25) is 4.90 Å². The molecule has 1 aliphatic rings. The maximum Gasteiger partial charge on any atom is 0.141 e. The zero-order chi connectivity index (χ0) is 14.4. The average Bonchev–Trinajstić information content (AvgIpc) is 2.87. The van der Waals surface area contributed by atoms with Gasteiger partial charge in [0.1, 0.15) is 12.2 Å². The smallest absolute Gasteiger partial charge is 0.141 e. The van der Waals surface area contributed by atoms with E-state index in [0.717, 1.165) is 37.9 Å². The Labute approximate surface area is 122 Å². The zero-order valence-corrected chi connectivity index (χ0v) is 13.2. The van der Waals surface area contributed by atoms with Crippen molar-refractivity contribution in [2.75, 3.05) is 19.6 Å². The molecule has 1 atom stereocenters. The van der Waals surface area contributed by atoms with Gasteiger partial charge >= 0.3 is 0 Å². The molecule has 5 heteroatoms. The van der Waals surface area contributed by atoms with Gasteiger partial charge in [-0.05, 0) is 38.8 Å². The SMILES string of the molecule is CCn1ncnc1CN1CCCCC1CNCC(C)C. The van der Waals surface area contributed by atoms with E-state index in [9.17, 15) is 0 Å². The van der Waals surface area contributed by atoms with Crippen LogP contribution in [0.5, 0.6) is 0 Å². The first-order valence-electron chi connectivity index (χ1n) is 8.02. The number of likely N-dealkylation sites (tertiary alicyclic amines) is 1. The normalized spacial score (nSPS) is 20.7. The first kappa shape index (κ1) is 15.4. The topological polar surface area (TPSA) is 46.0 Å². The number of rotatable bonds is 7. The van der Waals surface area contributed by atoms with E-state index < -0.39 is 0 Å². The molecule has 2 rings (SSSR count). The maximum atomic E-state index is 4.41. The Hall–Kier alpha value is -0.940. The fourth-order valence-electron chi connectivity index (χ4n) is 2.89. The monoisotopic (exact) mass is 279 g/mol. The highest BCUT2D eigenvalue weighted by molar-refractivity contribution is 4.88. The maximum absolute atomic E-state index is 4.41. The highest BCUT2D eigenvalue weighted by Crippen LogP contribution is 2.18. The van der Waals surface area contributed by atoms with E-state index in [1.54, 1.807) is 6.33 Å². The lowest BCUT2D eigenvalue weighted by Crippen LogP contribution is -2.45. The molecule has 1 saturated heterocycles. The van der Waals surface area contributed by atoms with Gasteiger partial charge < -0.3 is 5.32 Å². The van der Waals surface area contributed by atoms with Crippen LogP contribution in [0, 0.1) is 5.92 Å². The van der Waals surface area contributed by atoms with Gasteiger partial charge in [0.15, 0.2) is 0 Å². The molecule has 1 unspecified atom stereocenters. The van der Waals surface area contributed by atoms with Crippen LogP contribution in [0.4, 0.5) is 0 Å². The minimum absolute atomic E-state index is 0.643. The van der Waals surface area contributed by atoms with Gasteiger partial charge in [-0.2, -0.15) is 5.10 Å². The van der Waals surface area contributed by atoms with Crippen LogP contribution in [-0.2, 0) is 13.1 Å². The molecule has 0 bridgehead atoms.